The molecule has 0 spiro atoms. The highest BCUT2D eigenvalue weighted by Gasteiger charge is 2.16. The van der Waals surface area contributed by atoms with Gasteiger partial charge in [0.2, 0.25) is 0 Å². The van der Waals surface area contributed by atoms with Gasteiger partial charge in [0.05, 0.1) is 6.04 Å². The second-order valence-corrected chi connectivity index (χ2v) is 5.12. The third kappa shape index (κ3) is 9.33. The van der Waals surface area contributed by atoms with Gasteiger partial charge >= 0.3 is 0 Å². The van der Waals surface area contributed by atoms with E-state index in [-0.39, 0.29) is 6.04 Å². The Labute approximate surface area is 146 Å². The Hall–Kier alpha value is -1.85. The maximum atomic E-state index is 11.1. The Bertz CT molecular complexity index is 476. The minimum absolute atomic E-state index is 0.302. The van der Waals surface area contributed by atoms with E-state index in [1.807, 2.05) is 58.9 Å². The lowest BCUT2D eigenvalue weighted by Crippen LogP contribution is -2.33. The summed E-state index contributed by atoms with van der Waals surface area (Å²) in [5.74, 6) is 0. The normalized spacial score (nSPS) is 10.6. The van der Waals surface area contributed by atoms with Crippen molar-refractivity contribution in [1.82, 2.24) is 10.2 Å². The molecule has 0 aliphatic heterocycles. The van der Waals surface area contributed by atoms with E-state index in [2.05, 4.69) is 5.32 Å². The van der Waals surface area contributed by atoms with Crippen molar-refractivity contribution >= 4 is 18.9 Å². The number of aldehydes is 3. The van der Waals surface area contributed by atoms with Crippen molar-refractivity contribution in [1.29, 1.82) is 0 Å². The summed E-state index contributed by atoms with van der Waals surface area (Å²) in [4.78, 5) is 34.3. The standard InChI is InChI=1S/C15H19NO3.C2H7N.C2H6/c1-12-5-3-6-13(10-18)15(12)9-16(2)14(11-19)7-4-8-17;1-3-2;1-2/h3,5-6,8,10-11,14H,4,7,9H2,1-2H3;3H,1-2H3;1-2H3. The summed E-state index contributed by atoms with van der Waals surface area (Å²) >= 11 is 0. The van der Waals surface area contributed by atoms with E-state index in [9.17, 15) is 14.4 Å². The van der Waals surface area contributed by atoms with Crippen LogP contribution >= 0.6 is 0 Å². The molecule has 0 heterocycles. The first-order valence-electron chi connectivity index (χ1n) is 8.26. The molecule has 0 bridgehead atoms. The highest BCUT2D eigenvalue weighted by Crippen LogP contribution is 2.16. The Morgan fingerprint density at radius 2 is 1.75 bits per heavy atom. The van der Waals surface area contributed by atoms with Gasteiger partial charge < -0.3 is 14.9 Å². The lowest BCUT2D eigenvalue weighted by Gasteiger charge is -2.24. The molecule has 0 saturated heterocycles. The number of aryl methyl sites for hydroxylation is 1. The summed E-state index contributed by atoms with van der Waals surface area (Å²) in [6.45, 7) is 6.46. The number of hydrogen-bond donors (Lipinski definition) is 1. The first-order valence-corrected chi connectivity index (χ1v) is 8.26. The molecule has 1 aromatic carbocycles. The zero-order chi connectivity index (χ0) is 19.0. The van der Waals surface area contributed by atoms with Crippen LogP contribution in [0.15, 0.2) is 18.2 Å². The number of carbonyl (C=O) groups excluding carboxylic acids is 3. The Kier molecular flexibility index (Phi) is 16.3. The molecule has 1 N–H and O–H groups in total. The molecule has 0 aliphatic rings. The first kappa shape index (κ1) is 24.4. The fraction of sp³-hybridized carbons (Fsp3) is 0.526. The van der Waals surface area contributed by atoms with Gasteiger partial charge in [-0.15, -0.1) is 0 Å². The maximum absolute atomic E-state index is 11.1. The van der Waals surface area contributed by atoms with Crippen molar-refractivity contribution in [3.05, 3.63) is 34.9 Å². The number of rotatable bonds is 8. The van der Waals surface area contributed by atoms with Gasteiger partial charge in [-0.25, -0.2) is 0 Å². The molecule has 0 fully saturated rings. The van der Waals surface area contributed by atoms with Gasteiger partial charge in [0.25, 0.3) is 0 Å². The molecule has 1 unspecified atom stereocenters. The first-order chi connectivity index (χ1) is 11.5. The lowest BCUT2D eigenvalue weighted by atomic mass is 10.0. The van der Waals surface area contributed by atoms with Gasteiger partial charge in [0.15, 0.2) is 0 Å². The van der Waals surface area contributed by atoms with Crippen LogP contribution in [-0.2, 0) is 16.1 Å². The molecule has 0 aliphatic carbocycles. The van der Waals surface area contributed by atoms with E-state index in [0.29, 0.717) is 24.9 Å². The molecule has 5 heteroatoms. The van der Waals surface area contributed by atoms with Crippen LogP contribution in [0.4, 0.5) is 0 Å². The molecular formula is C19H32N2O3. The highest BCUT2D eigenvalue weighted by molar-refractivity contribution is 5.77. The SMILES string of the molecule is CC.CNC.Cc1cccc(C=O)c1CN(C)C(C=O)CCC=O. The average Bonchev–Trinajstić information content (AvgIpc) is 2.60. The number of carbonyl (C=O) groups is 3. The smallest absolute Gasteiger partial charge is 0.150 e. The maximum Gasteiger partial charge on any atom is 0.150 e. The molecule has 5 nitrogen and oxygen atoms in total. The monoisotopic (exact) mass is 336 g/mol. The summed E-state index contributed by atoms with van der Waals surface area (Å²) in [5, 5.41) is 2.75. The minimum Gasteiger partial charge on any atom is -0.323 e. The summed E-state index contributed by atoms with van der Waals surface area (Å²) in [5.41, 5.74) is 2.60. The van der Waals surface area contributed by atoms with Gasteiger partial charge in [0, 0.05) is 18.5 Å². The number of hydrogen-bond acceptors (Lipinski definition) is 5. The summed E-state index contributed by atoms with van der Waals surface area (Å²) in [6.07, 6.45) is 3.36. The van der Waals surface area contributed by atoms with E-state index in [1.165, 1.54) is 0 Å². The third-order valence-electron chi connectivity index (χ3n) is 3.28. The second kappa shape index (κ2) is 16.0. The molecule has 0 radical (unpaired) electrons. The van der Waals surface area contributed by atoms with Gasteiger partial charge in [-0.1, -0.05) is 32.0 Å². The van der Waals surface area contributed by atoms with Crippen molar-refractivity contribution in [3.8, 4) is 0 Å². The zero-order valence-corrected chi connectivity index (χ0v) is 15.8. The van der Waals surface area contributed by atoms with Gasteiger partial charge in [0.1, 0.15) is 18.9 Å². The number of nitrogens with one attached hydrogen (secondary N) is 1. The lowest BCUT2D eigenvalue weighted by molar-refractivity contribution is -0.113. The van der Waals surface area contributed by atoms with Crippen LogP contribution < -0.4 is 5.32 Å². The largest absolute Gasteiger partial charge is 0.323 e. The van der Waals surface area contributed by atoms with E-state index in [1.54, 1.807) is 6.07 Å². The molecule has 1 atom stereocenters. The fourth-order valence-electron chi connectivity index (χ4n) is 2.05. The molecule has 0 aromatic heterocycles. The van der Waals surface area contributed by atoms with Crippen LogP contribution in [0.5, 0.6) is 0 Å². The van der Waals surface area contributed by atoms with E-state index >= 15 is 0 Å². The Morgan fingerprint density at radius 3 is 2.21 bits per heavy atom. The Morgan fingerprint density at radius 1 is 1.17 bits per heavy atom. The summed E-state index contributed by atoms with van der Waals surface area (Å²) in [7, 11) is 5.57. The van der Waals surface area contributed by atoms with Gasteiger partial charge in [-0.3, -0.25) is 9.69 Å². The minimum atomic E-state index is -0.302. The molecule has 1 rings (SSSR count). The predicted octanol–water partition coefficient (Wildman–Crippen LogP) is 2.65. The van der Waals surface area contributed by atoms with Crippen molar-refractivity contribution in [2.45, 2.75) is 46.2 Å². The number of likely N-dealkylation sites (N-methyl/N-ethyl adjacent to an activating group) is 1. The second-order valence-electron chi connectivity index (χ2n) is 5.12. The average molecular weight is 336 g/mol. The fourth-order valence-corrected chi connectivity index (χ4v) is 2.05. The van der Waals surface area contributed by atoms with E-state index in [0.717, 1.165) is 30.0 Å². The number of nitrogens with zero attached hydrogens (tertiary/aromatic N) is 1. The van der Waals surface area contributed by atoms with Crippen LogP contribution in [0, 0.1) is 6.92 Å². The molecule has 1 aromatic rings. The molecule has 24 heavy (non-hydrogen) atoms. The Balaban J connectivity index is 0. The van der Waals surface area contributed by atoms with Gasteiger partial charge in [-0.2, -0.15) is 0 Å². The molecule has 0 saturated carbocycles. The summed E-state index contributed by atoms with van der Waals surface area (Å²) < 4.78 is 0. The van der Waals surface area contributed by atoms with E-state index < -0.39 is 0 Å². The van der Waals surface area contributed by atoms with E-state index in [4.69, 9.17) is 0 Å². The van der Waals surface area contributed by atoms with Gasteiger partial charge in [-0.05, 0) is 45.6 Å². The third-order valence-corrected chi connectivity index (χ3v) is 3.28. The van der Waals surface area contributed by atoms with Crippen LogP contribution in [0.1, 0.15) is 48.2 Å². The van der Waals surface area contributed by atoms with Crippen LogP contribution in [0.25, 0.3) is 0 Å². The topological polar surface area (TPSA) is 66.5 Å². The van der Waals surface area contributed by atoms with Crippen LogP contribution in [0.3, 0.4) is 0 Å². The zero-order valence-electron chi connectivity index (χ0n) is 15.8. The molecule has 136 valence electrons. The quantitative estimate of drug-likeness (QED) is 0.739. The van der Waals surface area contributed by atoms with Crippen molar-refractivity contribution < 1.29 is 14.4 Å². The molecule has 0 amide bonds. The molecular weight excluding hydrogens is 304 g/mol. The van der Waals surface area contributed by atoms with Crippen molar-refractivity contribution in [3.63, 3.8) is 0 Å². The predicted molar refractivity (Wildman–Crippen MR) is 99.5 cm³/mol. The van der Waals surface area contributed by atoms with Crippen molar-refractivity contribution in [2.24, 2.45) is 0 Å². The summed E-state index contributed by atoms with van der Waals surface area (Å²) in [6, 6.07) is 5.25. The van der Waals surface area contributed by atoms with Crippen LogP contribution in [-0.4, -0.2) is 50.9 Å². The number of benzene rings is 1. The van der Waals surface area contributed by atoms with Crippen molar-refractivity contribution in [2.75, 3.05) is 21.1 Å². The highest BCUT2D eigenvalue weighted by atomic mass is 16.1. The van der Waals surface area contributed by atoms with Crippen LogP contribution in [0.2, 0.25) is 0 Å².